The molecule has 0 fully saturated rings. The normalized spacial score (nSPS) is 14.8. The van der Waals surface area contributed by atoms with E-state index < -0.39 is 0 Å². The Balaban J connectivity index is 2.37. The van der Waals surface area contributed by atoms with Gasteiger partial charge in [0.05, 0.1) is 0 Å². The van der Waals surface area contributed by atoms with E-state index in [9.17, 15) is 0 Å². The van der Waals surface area contributed by atoms with Crippen molar-refractivity contribution in [1.82, 2.24) is 0 Å². The van der Waals surface area contributed by atoms with Crippen LogP contribution in [0.1, 0.15) is 17.5 Å². The molecule has 0 N–H and O–H groups in total. The van der Waals surface area contributed by atoms with E-state index in [0.29, 0.717) is 0 Å². The van der Waals surface area contributed by atoms with Gasteiger partial charge in [-0.2, -0.15) is 0 Å². The molecule has 13 heavy (non-hydrogen) atoms. The smallest absolute Gasteiger partial charge is 0.0149 e. The number of hydrogen-bond donors (Lipinski definition) is 0. The predicted molar refractivity (Wildman–Crippen MR) is 55.1 cm³/mol. The molecule has 3 rings (SSSR count). The molecule has 0 aromatic rings. The third-order valence-corrected chi connectivity index (χ3v) is 3.01. The maximum absolute atomic E-state index is 2.28. The van der Waals surface area contributed by atoms with Crippen molar-refractivity contribution in [1.29, 1.82) is 0 Å². The zero-order valence-corrected chi connectivity index (χ0v) is 7.59. The summed E-state index contributed by atoms with van der Waals surface area (Å²) in [6, 6.07) is 13.3. The fourth-order valence-electron chi connectivity index (χ4n) is 2.38. The minimum Gasteiger partial charge on any atom is -0.0614 e. The topological polar surface area (TPSA) is 0 Å². The van der Waals surface area contributed by atoms with Crippen LogP contribution in [0, 0.1) is 0 Å². The van der Waals surface area contributed by atoms with E-state index in [4.69, 9.17) is 0 Å². The van der Waals surface area contributed by atoms with Gasteiger partial charge in [0.15, 0.2) is 0 Å². The average molecular weight is 168 g/mol. The highest BCUT2D eigenvalue weighted by Crippen LogP contribution is 2.33. The summed E-state index contributed by atoms with van der Waals surface area (Å²) in [5.41, 5.74) is 6.01. The molecule has 0 aliphatic heterocycles. The molecular weight excluding hydrogens is 156 g/mol. The van der Waals surface area contributed by atoms with E-state index >= 15 is 0 Å². The summed E-state index contributed by atoms with van der Waals surface area (Å²) in [5.74, 6) is 0. The fraction of sp³-hybridized carbons (Fsp3) is 0.231. The lowest BCUT2D eigenvalue weighted by molar-refractivity contribution is 0.911. The molecule has 0 heteroatoms. The van der Waals surface area contributed by atoms with Crippen molar-refractivity contribution in [2.75, 3.05) is 0 Å². The van der Waals surface area contributed by atoms with Crippen LogP contribution in [0.3, 0.4) is 0 Å². The van der Waals surface area contributed by atoms with Crippen LogP contribution in [0.15, 0.2) is 36.4 Å². The minimum absolute atomic E-state index is 1.27. The molecule has 0 aromatic heterocycles. The summed E-state index contributed by atoms with van der Waals surface area (Å²) in [5, 5.41) is 0. The largest absolute Gasteiger partial charge is 0.0614 e. The van der Waals surface area contributed by atoms with E-state index in [1.807, 2.05) is 0 Å². The van der Waals surface area contributed by atoms with Crippen molar-refractivity contribution in [2.24, 2.45) is 0 Å². The molecule has 3 aliphatic rings. The van der Waals surface area contributed by atoms with Gasteiger partial charge in [0.25, 0.3) is 0 Å². The van der Waals surface area contributed by atoms with Crippen LogP contribution in [0.5, 0.6) is 0 Å². The van der Waals surface area contributed by atoms with Crippen molar-refractivity contribution in [2.45, 2.75) is 19.3 Å². The zero-order valence-electron chi connectivity index (χ0n) is 7.59. The lowest BCUT2D eigenvalue weighted by Crippen LogP contribution is -1.79. The van der Waals surface area contributed by atoms with Crippen molar-refractivity contribution in [3.63, 3.8) is 0 Å². The van der Waals surface area contributed by atoms with E-state index in [-0.39, 0.29) is 0 Å². The third kappa shape index (κ3) is 0.983. The molecule has 3 aliphatic carbocycles. The van der Waals surface area contributed by atoms with Crippen LogP contribution in [0.2, 0.25) is 0 Å². The molecule has 0 atom stereocenters. The van der Waals surface area contributed by atoms with Gasteiger partial charge in [0.2, 0.25) is 0 Å². The Bertz CT molecular complexity index is 415. The Morgan fingerprint density at radius 1 is 0.846 bits per heavy atom. The van der Waals surface area contributed by atoms with Crippen molar-refractivity contribution >= 4 is 0 Å². The second-order valence-electron chi connectivity index (χ2n) is 3.78. The van der Waals surface area contributed by atoms with Gasteiger partial charge in [0.1, 0.15) is 0 Å². The van der Waals surface area contributed by atoms with Gasteiger partial charge < -0.3 is 0 Å². The van der Waals surface area contributed by atoms with Gasteiger partial charge in [-0.3, -0.25) is 0 Å². The standard InChI is InChI=1S/C13H12/c1-4-10-6-2-8-12(10)13-9-3-7-11(13)5-1/h1-2,4-6,8H,3,7,9H2. The van der Waals surface area contributed by atoms with Crippen LogP contribution < -0.4 is 0 Å². The maximum Gasteiger partial charge on any atom is -0.0149 e. The third-order valence-electron chi connectivity index (χ3n) is 3.01. The molecule has 0 saturated heterocycles. The van der Waals surface area contributed by atoms with Gasteiger partial charge in [-0.1, -0.05) is 36.4 Å². The summed E-state index contributed by atoms with van der Waals surface area (Å²) in [4.78, 5) is 0. The quantitative estimate of drug-likeness (QED) is 0.566. The van der Waals surface area contributed by atoms with Crippen LogP contribution in [-0.4, -0.2) is 0 Å². The van der Waals surface area contributed by atoms with Gasteiger partial charge in [0, 0.05) is 0 Å². The first-order valence-corrected chi connectivity index (χ1v) is 4.95. The molecular formula is C13H12. The monoisotopic (exact) mass is 168 g/mol. The second-order valence-corrected chi connectivity index (χ2v) is 3.78. The molecule has 0 radical (unpaired) electrons. The molecule has 64 valence electrons. The zero-order chi connectivity index (χ0) is 8.67. The van der Waals surface area contributed by atoms with Gasteiger partial charge in [-0.15, -0.1) is 0 Å². The Hall–Kier alpha value is -1.30. The molecule has 0 spiro atoms. The summed E-state index contributed by atoms with van der Waals surface area (Å²) < 4.78 is 0. The summed E-state index contributed by atoms with van der Waals surface area (Å²) in [7, 11) is 0. The fourth-order valence-corrected chi connectivity index (χ4v) is 2.38. The summed E-state index contributed by atoms with van der Waals surface area (Å²) in [6.45, 7) is 0. The molecule has 0 bridgehead atoms. The van der Waals surface area contributed by atoms with Crippen LogP contribution in [0.4, 0.5) is 0 Å². The molecule has 0 saturated carbocycles. The van der Waals surface area contributed by atoms with Crippen LogP contribution in [0.25, 0.3) is 11.1 Å². The van der Waals surface area contributed by atoms with E-state index in [0.717, 1.165) is 0 Å². The average Bonchev–Trinajstić information content (AvgIpc) is 2.72. The number of fused-ring (bicyclic) bond motifs is 3. The first-order chi connectivity index (χ1) is 6.45. The molecule has 0 heterocycles. The summed E-state index contributed by atoms with van der Waals surface area (Å²) in [6.07, 6.45) is 3.87. The van der Waals surface area contributed by atoms with Crippen molar-refractivity contribution < 1.29 is 0 Å². The van der Waals surface area contributed by atoms with E-state index in [1.54, 1.807) is 11.1 Å². The van der Waals surface area contributed by atoms with Gasteiger partial charge in [-0.05, 0) is 41.5 Å². The van der Waals surface area contributed by atoms with Crippen LogP contribution in [-0.2, 0) is 12.8 Å². The van der Waals surface area contributed by atoms with E-state index in [1.165, 1.54) is 30.4 Å². The Morgan fingerprint density at radius 2 is 1.69 bits per heavy atom. The number of hydrogen-bond acceptors (Lipinski definition) is 0. The first-order valence-electron chi connectivity index (χ1n) is 4.95. The van der Waals surface area contributed by atoms with Crippen LogP contribution >= 0.6 is 0 Å². The summed E-state index contributed by atoms with van der Waals surface area (Å²) >= 11 is 0. The maximum atomic E-state index is 2.28. The molecule has 0 aromatic carbocycles. The lowest BCUT2D eigenvalue weighted by atomic mass is 10.1. The highest BCUT2D eigenvalue weighted by Gasteiger charge is 2.15. The highest BCUT2D eigenvalue weighted by molar-refractivity contribution is 5.71. The number of rotatable bonds is 0. The van der Waals surface area contributed by atoms with E-state index in [2.05, 4.69) is 36.4 Å². The van der Waals surface area contributed by atoms with Gasteiger partial charge in [-0.25, -0.2) is 0 Å². The molecule has 0 amide bonds. The molecule has 0 nitrogen and oxygen atoms in total. The second kappa shape index (κ2) is 2.59. The Morgan fingerprint density at radius 3 is 2.62 bits per heavy atom. The Kier molecular flexibility index (Phi) is 1.42. The minimum atomic E-state index is 1.27. The molecule has 0 unspecified atom stereocenters. The van der Waals surface area contributed by atoms with Crippen molar-refractivity contribution in [3.8, 4) is 11.1 Å². The lowest BCUT2D eigenvalue weighted by Gasteiger charge is -1.98. The predicted octanol–water partition coefficient (Wildman–Crippen LogP) is 3.28. The number of aryl methyl sites for hydroxylation is 1. The SMILES string of the molecule is c1cc2cccc-2c2c(c1)CCC2. The van der Waals surface area contributed by atoms with Gasteiger partial charge >= 0.3 is 0 Å². The highest BCUT2D eigenvalue weighted by atomic mass is 14.2. The first kappa shape index (κ1) is 7.14. The Labute approximate surface area is 78.6 Å². The van der Waals surface area contributed by atoms with Crippen molar-refractivity contribution in [3.05, 3.63) is 47.5 Å².